The van der Waals surface area contributed by atoms with Crippen LogP contribution in [0.2, 0.25) is 0 Å². The van der Waals surface area contributed by atoms with Gasteiger partial charge in [-0.3, -0.25) is 0 Å². The highest BCUT2D eigenvalue weighted by molar-refractivity contribution is 6.61. The van der Waals surface area contributed by atoms with Crippen molar-refractivity contribution >= 4 is 12.6 Å². The fourth-order valence-corrected chi connectivity index (χ4v) is 2.71. The number of fused-ring (bicyclic) bond motifs is 1. The van der Waals surface area contributed by atoms with Gasteiger partial charge in [0.05, 0.1) is 14.1 Å². The average molecular weight is 234 g/mol. The lowest BCUT2D eigenvalue weighted by Crippen LogP contribution is -2.37. The lowest BCUT2D eigenvalue weighted by atomic mass is 9.75. The SMILES string of the molecule is COB(OC)c1cc2c(cc1C)C[N+](C)(C)C2. The van der Waals surface area contributed by atoms with Gasteiger partial charge in [-0.1, -0.05) is 17.7 Å². The van der Waals surface area contributed by atoms with Crippen LogP contribution in [0.1, 0.15) is 16.7 Å². The molecule has 1 aromatic rings. The van der Waals surface area contributed by atoms with E-state index in [-0.39, 0.29) is 7.12 Å². The normalized spacial score (nSPS) is 17.0. The predicted octanol–water partition coefficient (Wildman–Crippen LogP) is 1.07. The Morgan fingerprint density at radius 2 is 1.59 bits per heavy atom. The van der Waals surface area contributed by atoms with Crippen LogP contribution in [-0.4, -0.2) is 39.9 Å². The molecule has 92 valence electrons. The van der Waals surface area contributed by atoms with Crippen LogP contribution < -0.4 is 5.46 Å². The molecule has 0 fully saturated rings. The third-order valence-electron chi connectivity index (χ3n) is 3.47. The van der Waals surface area contributed by atoms with Gasteiger partial charge in [-0.25, -0.2) is 0 Å². The minimum Gasteiger partial charge on any atom is -0.410 e. The molecule has 2 rings (SSSR count). The van der Waals surface area contributed by atoms with Gasteiger partial charge in [0.15, 0.2) is 0 Å². The Labute approximate surface area is 104 Å². The van der Waals surface area contributed by atoms with Crippen LogP contribution in [0, 0.1) is 6.92 Å². The molecule has 0 aromatic heterocycles. The second-order valence-corrected chi connectivity index (χ2v) is 5.53. The minimum atomic E-state index is -0.253. The standard InChI is InChI=1S/C13H21BNO2/c1-10-6-11-8-15(2,3)9-12(11)7-13(10)14(16-4)17-5/h6-7H,8-9H2,1-5H3/q+1. The van der Waals surface area contributed by atoms with Crippen LogP contribution in [0.3, 0.4) is 0 Å². The molecule has 0 radical (unpaired) electrons. The molecule has 17 heavy (non-hydrogen) atoms. The number of benzene rings is 1. The molecule has 1 aromatic carbocycles. The first-order valence-corrected chi connectivity index (χ1v) is 5.97. The van der Waals surface area contributed by atoms with Crippen LogP contribution in [0.25, 0.3) is 0 Å². The lowest BCUT2D eigenvalue weighted by Gasteiger charge is -2.22. The molecule has 1 heterocycles. The van der Waals surface area contributed by atoms with Crippen molar-refractivity contribution in [2.75, 3.05) is 28.3 Å². The van der Waals surface area contributed by atoms with Crippen molar-refractivity contribution in [2.45, 2.75) is 20.0 Å². The zero-order chi connectivity index (χ0) is 12.6. The van der Waals surface area contributed by atoms with Gasteiger partial charge in [0.25, 0.3) is 0 Å². The van der Waals surface area contributed by atoms with E-state index in [1.165, 1.54) is 16.7 Å². The quantitative estimate of drug-likeness (QED) is 0.575. The molecule has 0 aliphatic carbocycles. The summed E-state index contributed by atoms with van der Waals surface area (Å²) in [4.78, 5) is 0. The molecule has 3 nitrogen and oxygen atoms in total. The largest absolute Gasteiger partial charge is 0.493 e. The molecular weight excluding hydrogens is 213 g/mol. The van der Waals surface area contributed by atoms with E-state index in [4.69, 9.17) is 9.31 Å². The summed E-state index contributed by atoms with van der Waals surface area (Å²) in [7, 11) is 7.64. The highest BCUT2D eigenvalue weighted by atomic mass is 16.6. The van der Waals surface area contributed by atoms with Gasteiger partial charge in [0.1, 0.15) is 13.1 Å². The van der Waals surface area contributed by atoms with Crippen LogP contribution in [0.4, 0.5) is 0 Å². The van der Waals surface area contributed by atoms with Crippen molar-refractivity contribution in [1.82, 2.24) is 0 Å². The van der Waals surface area contributed by atoms with E-state index in [9.17, 15) is 0 Å². The Kier molecular flexibility index (Phi) is 3.30. The molecular formula is C13H21BNO2+. The summed E-state index contributed by atoms with van der Waals surface area (Å²) in [6.07, 6.45) is 0. The summed E-state index contributed by atoms with van der Waals surface area (Å²) in [5.74, 6) is 0. The van der Waals surface area contributed by atoms with E-state index < -0.39 is 0 Å². The zero-order valence-corrected chi connectivity index (χ0v) is 11.4. The predicted molar refractivity (Wildman–Crippen MR) is 70.1 cm³/mol. The zero-order valence-electron chi connectivity index (χ0n) is 11.4. The Hall–Kier alpha value is -0.835. The maximum Gasteiger partial charge on any atom is 0.493 e. The molecule has 0 amide bonds. The molecule has 0 saturated carbocycles. The summed E-state index contributed by atoms with van der Waals surface area (Å²) in [5.41, 5.74) is 5.28. The van der Waals surface area contributed by atoms with Crippen LogP contribution in [0.15, 0.2) is 12.1 Å². The van der Waals surface area contributed by atoms with Gasteiger partial charge < -0.3 is 13.8 Å². The van der Waals surface area contributed by atoms with Gasteiger partial charge in [0.2, 0.25) is 0 Å². The summed E-state index contributed by atoms with van der Waals surface area (Å²) >= 11 is 0. The summed E-state index contributed by atoms with van der Waals surface area (Å²) in [5, 5.41) is 0. The highest BCUT2D eigenvalue weighted by Crippen LogP contribution is 2.26. The summed E-state index contributed by atoms with van der Waals surface area (Å²) in [6.45, 7) is 4.32. The average Bonchev–Trinajstić information content (AvgIpc) is 2.53. The second-order valence-electron chi connectivity index (χ2n) is 5.53. The maximum absolute atomic E-state index is 5.35. The number of hydrogen-bond acceptors (Lipinski definition) is 2. The fourth-order valence-electron chi connectivity index (χ4n) is 2.71. The number of aryl methyl sites for hydroxylation is 1. The van der Waals surface area contributed by atoms with Crippen molar-refractivity contribution in [1.29, 1.82) is 0 Å². The van der Waals surface area contributed by atoms with E-state index in [0.29, 0.717) is 0 Å². The molecule has 1 aliphatic heterocycles. The monoisotopic (exact) mass is 234 g/mol. The van der Waals surface area contributed by atoms with Gasteiger partial charge >= 0.3 is 7.12 Å². The molecule has 1 aliphatic rings. The number of rotatable bonds is 3. The van der Waals surface area contributed by atoms with E-state index in [1.54, 1.807) is 14.2 Å². The Balaban J connectivity index is 2.40. The van der Waals surface area contributed by atoms with Crippen LogP contribution in [-0.2, 0) is 22.4 Å². The third-order valence-corrected chi connectivity index (χ3v) is 3.47. The van der Waals surface area contributed by atoms with Crippen molar-refractivity contribution in [3.8, 4) is 0 Å². The Morgan fingerprint density at radius 1 is 1.06 bits per heavy atom. The molecule has 0 bridgehead atoms. The van der Waals surface area contributed by atoms with Gasteiger partial charge in [-0.15, -0.1) is 0 Å². The maximum atomic E-state index is 5.35. The van der Waals surface area contributed by atoms with E-state index in [0.717, 1.165) is 23.0 Å². The number of hydrogen-bond donors (Lipinski definition) is 0. The van der Waals surface area contributed by atoms with Gasteiger partial charge in [0, 0.05) is 25.3 Å². The van der Waals surface area contributed by atoms with Gasteiger partial charge in [-0.05, 0) is 12.4 Å². The molecule has 0 atom stereocenters. The smallest absolute Gasteiger partial charge is 0.410 e. The molecule has 0 unspecified atom stereocenters. The first-order chi connectivity index (χ1) is 7.96. The Bertz CT molecular complexity index is 428. The summed E-state index contributed by atoms with van der Waals surface area (Å²) < 4.78 is 11.7. The van der Waals surface area contributed by atoms with Crippen molar-refractivity contribution in [3.63, 3.8) is 0 Å². The molecule has 0 N–H and O–H groups in total. The molecule has 0 spiro atoms. The van der Waals surface area contributed by atoms with Crippen LogP contribution in [0.5, 0.6) is 0 Å². The number of nitrogens with zero attached hydrogens (tertiary/aromatic N) is 1. The van der Waals surface area contributed by atoms with Crippen molar-refractivity contribution in [2.24, 2.45) is 0 Å². The van der Waals surface area contributed by atoms with Crippen molar-refractivity contribution in [3.05, 3.63) is 28.8 Å². The van der Waals surface area contributed by atoms with Crippen molar-refractivity contribution < 1.29 is 13.8 Å². The van der Waals surface area contributed by atoms with E-state index in [2.05, 4.69) is 33.2 Å². The Morgan fingerprint density at radius 3 is 2.12 bits per heavy atom. The number of quaternary nitrogens is 1. The van der Waals surface area contributed by atoms with Crippen LogP contribution >= 0.6 is 0 Å². The highest BCUT2D eigenvalue weighted by Gasteiger charge is 2.30. The van der Waals surface area contributed by atoms with E-state index >= 15 is 0 Å². The topological polar surface area (TPSA) is 18.5 Å². The lowest BCUT2D eigenvalue weighted by molar-refractivity contribution is -0.910. The minimum absolute atomic E-state index is 0.253. The first-order valence-electron chi connectivity index (χ1n) is 5.97. The first kappa shape index (κ1) is 12.6. The second kappa shape index (κ2) is 4.44. The molecule has 0 saturated heterocycles. The molecule has 4 heteroatoms. The van der Waals surface area contributed by atoms with E-state index in [1.807, 2.05) is 0 Å². The summed E-state index contributed by atoms with van der Waals surface area (Å²) in [6, 6.07) is 4.53. The fraction of sp³-hybridized carbons (Fsp3) is 0.538. The third kappa shape index (κ3) is 2.39. The van der Waals surface area contributed by atoms with Gasteiger partial charge in [-0.2, -0.15) is 0 Å².